The molecule has 0 aromatic carbocycles. The number of halogens is 2. The summed E-state index contributed by atoms with van der Waals surface area (Å²) in [5.74, 6) is 1.66. The number of amides is 1. The van der Waals surface area contributed by atoms with Gasteiger partial charge in [0.15, 0.2) is 0 Å². The van der Waals surface area contributed by atoms with Crippen LogP contribution in [0.25, 0.3) is 0 Å². The van der Waals surface area contributed by atoms with E-state index in [4.69, 9.17) is 32.7 Å². The van der Waals surface area contributed by atoms with Crippen LogP contribution in [0.3, 0.4) is 0 Å². The van der Waals surface area contributed by atoms with E-state index in [2.05, 4.69) is 22.2 Å². The van der Waals surface area contributed by atoms with Crippen LogP contribution in [0.5, 0.6) is 5.88 Å². The number of carbonyl (C=O) groups excluding carboxylic acids is 1. The molecule has 5 rings (SSSR count). The molecule has 28 heavy (non-hydrogen) atoms. The van der Waals surface area contributed by atoms with Crippen molar-refractivity contribution in [1.29, 1.82) is 0 Å². The van der Waals surface area contributed by atoms with Crippen LogP contribution in [0.1, 0.15) is 18.4 Å². The number of carbonyl (C=O) groups is 1. The summed E-state index contributed by atoms with van der Waals surface area (Å²) in [6.07, 6.45) is 3.18. The van der Waals surface area contributed by atoms with E-state index in [1.54, 1.807) is 19.4 Å². The maximum Gasteiger partial charge on any atom is 0.230 e. The Bertz CT molecular complexity index is 956. The number of hydrogen-bond acceptors (Lipinski definition) is 5. The first kappa shape index (κ1) is 18.2. The van der Waals surface area contributed by atoms with Gasteiger partial charge in [-0.1, -0.05) is 30.1 Å². The van der Waals surface area contributed by atoms with E-state index < -0.39 is 0 Å². The molecule has 2 saturated heterocycles. The van der Waals surface area contributed by atoms with Crippen molar-refractivity contribution in [3.05, 3.63) is 46.3 Å². The largest absolute Gasteiger partial charge is 0.481 e. The topological polar surface area (TPSA) is 73.3 Å². The molecule has 4 heterocycles. The van der Waals surface area contributed by atoms with Crippen molar-refractivity contribution in [2.45, 2.75) is 25.0 Å². The SMILES string of the molecule is COc1cc([C@@H]2[C@@H](C(=O)Nc3cnc(Cl)c(Cl)c3)[C@@H]3O[C@H]2C2C3[C@@H]2C)ccn1. The highest BCUT2D eigenvalue weighted by molar-refractivity contribution is 6.41. The van der Waals surface area contributed by atoms with Gasteiger partial charge in [-0.3, -0.25) is 4.79 Å². The first-order valence-corrected chi connectivity index (χ1v) is 10.0. The fraction of sp³-hybridized carbons (Fsp3) is 0.450. The minimum atomic E-state index is -0.294. The lowest BCUT2D eigenvalue weighted by Gasteiger charge is -2.27. The van der Waals surface area contributed by atoms with Crippen molar-refractivity contribution in [1.82, 2.24) is 9.97 Å². The van der Waals surface area contributed by atoms with Gasteiger partial charge >= 0.3 is 0 Å². The van der Waals surface area contributed by atoms with Crippen molar-refractivity contribution < 1.29 is 14.3 Å². The molecular weight excluding hydrogens is 401 g/mol. The highest BCUT2D eigenvalue weighted by Crippen LogP contribution is 2.68. The van der Waals surface area contributed by atoms with E-state index in [1.807, 2.05) is 12.1 Å². The predicted octanol–water partition coefficient (Wildman–Crippen LogP) is 3.79. The zero-order chi connectivity index (χ0) is 19.6. The second kappa shape index (κ2) is 6.58. The Kier molecular flexibility index (Phi) is 4.27. The molecule has 7 atom stereocenters. The van der Waals surface area contributed by atoms with Gasteiger partial charge in [-0.05, 0) is 35.4 Å². The zero-order valence-corrected chi connectivity index (χ0v) is 16.8. The van der Waals surface area contributed by atoms with Gasteiger partial charge in [-0.2, -0.15) is 0 Å². The molecule has 0 spiro atoms. The summed E-state index contributed by atoms with van der Waals surface area (Å²) in [5.41, 5.74) is 1.54. The second-order valence-electron chi connectivity index (χ2n) is 7.75. The predicted molar refractivity (Wildman–Crippen MR) is 105 cm³/mol. The Morgan fingerprint density at radius 1 is 1.21 bits per heavy atom. The zero-order valence-electron chi connectivity index (χ0n) is 15.3. The highest BCUT2D eigenvalue weighted by Gasteiger charge is 2.72. The first-order valence-electron chi connectivity index (χ1n) is 9.27. The molecule has 2 unspecified atom stereocenters. The summed E-state index contributed by atoms with van der Waals surface area (Å²) in [7, 11) is 1.59. The Labute approximate surface area is 172 Å². The van der Waals surface area contributed by atoms with Crippen LogP contribution in [0.15, 0.2) is 30.6 Å². The fourth-order valence-corrected chi connectivity index (χ4v) is 5.42. The van der Waals surface area contributed by atoms with E-state index in [0.717, 1.165) is 5.56 Å². The lowest BCUT2D eigenvalue weighted by Crippen LogP contribution is -2.37. The third kappa shape index (κ3) is 2.70. The average Bonchev–Trinajstić information content (AvgIpc) is 3.05. The number of methoxy groups -OCH3 is 1. The van der Waals surface area contributed by atoms with Gasteiger partial charge in [0.05, 0.1) is 42.1 Å². The van der Waals surface area contributed by atoms with Crippen LogP contribution in [0, 0.1) is 23.7 Å². The molecule has 1 N–H and O–H groups in total. The molecule has 2 aliphatic heterocycles. The van der Waals surface area contributed by atoms with Crippen molar-refractivity contribution >= 4 is 34.8 Å². The molecule has 2 bridgehead atoms. The van der Waals surface area contributed by atoms with Crippen LogP contribution >= 0.6 is 23.2 Å². The third-order valence-corrected chi connectivity index (χ3v) is 7.09. The van der Waals surface area contributed by atoms with Gasteiger partial charge in [0, 0.05) is 18.2 Å². The van der Waals surface area contributed by atoms with Crippen LogP contribution in [-0.2, 0) is 9.53 Å². The summed E-state index contributed by atoms with van der Waals surface area (Å²) in [4.78, 5) is 21.5. The number of pyridine rings is 2. The van der Waals surface area contributed by atoms with Gasteiger partial charge in [0.1, 0.15) is 5.15 Å². The molecule has 8 heteroatoms. The van der Waals surface area contributed by atoms with Crippen LogP contribution in [0.2, 0.25) is 10.2 Å². The molecule has 1 aliphatic carbocycles. The summed E-state index contributed by atoms with van der Waals surface area (Å²) in [6, 6.07) is 5.45. The van der Waals surface area contributed by atoms with Gasteiger partial charge in [-0.25, -0.2) is 9.97 Å². The Hall–Kier alpha value is -1.89. The normalized spacial score (nSPS) is 34.8. The van der Waals surface area contributed by atoms with Gasteiger partial charge in [0.25, 0.3) is 0 Å². The summed E-state index contributed by atoms with van der Waals surface area (Å²) in [6.45, 7) is 2.24. The number of hydrogen-bond donors (Lipinski definition) is 1. The molecule has 6 nitrogen and oxygen atoms in total. The number of nitrogens with zero attached hydrogens (tertiary/aromatic N) is 2. The van der Waals surface area contributed by atoms with Crippen LogP contribution in [0.4, 0.5) is 5.69 Å². The van der Waals surface area contributed by atoms with E-state index in [9.17, 15) is 4.79 Å². The van der Waals surface area contributed by atoms with Crippen molar-refractivity contribution in [3.63, 3.8) is 0 Å². The number of anilines is 1. The molecule has 146 valence electrons. The molecule has 3 aliphatic rings. The van der Waals surface area contributed by atoms with E-state index in [0.29, 0.717) is 34.3 Å². The minimum absolute atomic E-state index is 0.0381. The Balaban J connectivity index is 1.46. The van der Waals surface area contributed by atoms with Crippen molar-refractivity contribution in [2.24, 2.45) is 23.7 Å². The average molecular weight is 420 g/mol. The monoisotopic (exact) mass is 419 g/mol. The summed E-state index contributed by atoms with van der Waals surface area (Å²) >= 11 is 11.9. The Morgan fingerprint density at radius 2 is 2.00 bits per heavy atom. The van der Waals surface area contributed by atoms with Gasteiger partial charge in [0.2, 0.25) is 11.8 Å². The first-order chi connectivity index (χ1) is 13.5. The van der Waals surface area contributed by atoms with Crippen molar-refractivity contribution in [2.75, 3.05) is 12.4 Å². The fourth-order valence-electron chi connectivity index (χ4n) is 5.15. The number of ether oxygens (including phenoxy) is 2. The molecular formula is C20H19Cl2N3O3. The molecule has 2 aromatic rings. The number of rotatable bonds is 4. The summed E-state index contributed by atoms with van der Waals surface area (Å²) < 4.78 is 11.6. The smallest absolute Gasteiger partial charge is 0.230 e. The highest BCUT2D eigenvalue weighted by atomic mass is 35.5. The molecule has 2 aromatic heterocycles. The standard InChI is InChI=1S/C20H19Cl2N3O3/c1-8-13-14(8)18-16(20(26)25-10-6-11(21)19(22)24-7-10)15(17(13)28-18)9-3-4-23-12(5-9)27-2/h3-8,13-18H,1-2H3,(H,25,26)/t8-,13?,14?,15-,16-,17+,18-/m1/s1. The Morgan fingerprint density at radius 3 is 2.75 bits per heavy atom. The number of aromatic nitrogens is 2. The minimum Gasteiger partial charge on any atom is -0.481 e. The lowest BCUT2D eigenvalue weighted by atomic mass is 9.75. The molecule has 1 amide bonds. The van der Waals surface area contributed by atoms with Crippen molar-refractivity contribution in [3.8, 4) is 5.88 Å². The maximum absolute atomic E-state index is 13.3. The second-order valence-corrected chi connectivity index (χ2v) is 8.51. The van der Waals surface area contributed by atoms with E-state index in [1.165, 1.54) is 6.20 Å². The lowest BCUT2D eigenvalue weighted by molar-refractivity contribution is -0.122. The number of nitrogens with one attached hydrogen (secondary N) is 1. The maximum atomic E-state index is 13.3. The van der Waals surface area contributed by atoms with E-state index in [-0.39, 0.29) is 35.1 Å². The summed E-state index contributed by atoms with van der Waals surface area (Å²) in [5, 5.41) is 3.46. The quantitative estimate of drug-likeness (QED) is 0.762. The van der Waals surface area contributed by atoms with Gasteiger partial charge < -0.3 is 14.8 Å². The molecule has 0 radical (unpaired) electrons. The van der Waals surface area contributed by atoms with Crippen LogP contribution < -0.4 is 10.1 Å². The van der Waals surface area contributed by atoms with E-state index >= 15 is 0 Å². The molecule has 1 saturated carbocycles. The van der Waals surface area contributed by atoms with Crippen LogP contribution in [-0.4, -0.2) is 35.2 Å². The number of fused-ring (bicyclic) bond motifs is 5. The molecule has 3 fully saturated rings. The third-order valence-electron chi connectivity index (χ3n) is 6.41. The van der Waals surface area contributed by atoms with Gasteiger partial charge in [-0.15, -0.1) is 0 Å².